The number of carbonyl (C=O) groups is 1. The van der Waals surface area contributed by atoms with Crippen LogP contribution in [-0.2, 0) is 6.54 Å². The number of nitrogens with one attached hydrogen (secondary N) is 1. The third kappa shape index (κ3) is 4.87. The Kier molecular flexibility index (Phi) is 7.37. The Balaban J connectivity index is 1.92. The molecule has 0 saturated heterocycles. The second-order valence-corrected chi connectivity index (χ2v) is 6.47. The van der Waals surface area contributed by atoms with Crippen LogP contribution >= 0.6 is 0 Å². The Hall–Kier alpha value is -1.75. The van der Waals surface area contributed by atoms with Crippen LogP contribution in [-0.4, -0.2) is 42.3 Å². The first kappa shape index (κ1) is 18.6. The second kappa shape index (κ2) is 9.52. The molecule has 2 amide bonds. The number of nitrogens with zero attached hydrogens (tertiary/aromatic N) is 1. The molecule has 134 valence electrons. The topological polar surface area (TPSA) is 61.8 Å². The molecule has 5 nitrogen and oxygen atoms in total. The number of amides is 2. The Morgan fingerprint density at radius 3 is 2.83 bits per heavy atom. The van der Waals surface area contributed by atoms with Crippen LogP contribution in [0.2, 0.25) is 0 Å². The number of para-hydroxylation sites is 1. The number of hydrogen-bond donors (Lipinski definition) is 2. The normalized spacial score (nSPS) is 20.5. The Bertz CT molecular complexity index is 521. The third-order valence-electron chi connectivity index (χ3n) is 4.96. The number of aliphatic hydroxyl groups excluding tert-OH is 1. The first-order valence-corrected chi connectivity index (χ1v) is 8.99. The first-order valence-electron chi connectivity index (χ1n) is 8.99. The van der Waals surface area contributed by atoms with Gasteiger partial charge in [0.15, 0.2) is 0 Å². The predicted molar refractivity (Wildman–Crippen MR) is 95.1 cm³/mol. The number of benzene rings is 1. The van der Waals surface area contributed by atoms with Crippen molar-refractivity contribution in [3.8, 4) is 5.75 Å². The lowest BCUT2D eigenvalue weighted by atomic mass is 9.82. The maximum absolute atomic E-state index is 12.5. The van der Waals surface area contributed by atoms with Crippen molar-refractivity contribution in [2.45, 2.75) is 51.6 Å². The van der Waals surface area contributed by atoms with Crippen LogP contribution in [0.25, 0.3) is 0 Å². The molecular weight excluding hydrogens is 304 g/mol. The van der Waals surface area contributed by atoms with Crippen LogP contribution in [0.4, 0.5) is 4.79 Å². The summed E-state index contributed by atoms with van der Waals surface area (Å²) in [7, 11) is 1.90. The molecule has 24 heavy (non-hydrogen) atoms. The summed E-state index contributed by atoms with van der Waals surface area (Å²) < 4.78 is 5.51. The van der Waals surface area contributed by atoms with Gasteiger partial charge in [-0.15, -0.1) is 0 Å². The fraction of sp³-hybridized carbons (Fsp3) is 0.632. The van der Waals surface area contributed by atoms with Crippen molar-refractivity contribution in [1.29, 1.82) is 0 Å². The molecule has 1 aliphatic carbocycles. The molecule has 0 spiro atoms. The summed E-state index contributed by atoms with van der Waals surface area (Å²) in [6.45, 7) is 2.87. The van der Waals surface area contributed by atoms with E-state index in [1.165, 1.54) is 19.3 Å². The fourth-order valence-electron chi connectivity index (χ4n) is 3.57. The van der Waals surface area contributed by atoms with Gasteiger partial charge in [-0.3, -0.25) is 0 Å². The van der Waals surface area contributed by atoms with E-state index in [0.29, 0.717) is 24.3 Å². The van der Waals surface area contributed by atoms with E-state index in [0.717, 1.165) is 18.4 Å². The van der Waals surface area contributed by atoms with Crippen LogP contribution < -0.4 is 10.1 Å². The van der Waals surface area contributed by atoms with Crippen LogP contribution in [0.1, 0.15) is 44.6 Å². The maximum atomic E-state index is 12.5. The Morgan fingerprint density at radius 2 is 2.08 bits per heavy atom. The van der Waals surface area contributed by atoms with Crippen molar-refractivity contribution in [3.05, 3.63) is 29.8 Å². The summed E-state index contributed by atoms with van der Waals surface area (Å²) in [4.78, 5) is 14.4. The first-order chi connectivity index (χ1) is 11.7. The highest BCUT2D eigenvalue weighted by atomic mass is 16.5. The van der Waals surface area contributed by atoms with E-state index in [4.69, 9.17) is 9.84 Å². The van der Waals surface area contributed by atoms with E-state index >= 15 is 0 Å². The molecule has 1 aromatic carbocycles. The lowest BCUT2D eigenvalue weighted by Gasteiger charge is -2.37. The van der Waals surface area contributed by atoms with Gasteiger partial charge in [-0.1, -0.05) is 44.4 Å². The van der Waals surface area contributed by atoms with Gasteiger partial charge in [0, 0.05) is 25.2 Å². The lowest BCUT2D eigenvalue weighted by Crippen LogP contribution is -2.47. The van der Waals surface area contributed by atoms with Crippen LogP contribution in [0, 0.1) is 5.92 Å². The molecule has 2 unspecified atom stereocenters. The van der Waals surface area contributed by atoms with Crippen molar-refractivity contribution in [3.63, 3.8) is 0 Å². The highest BCUT2D eigenvalue weighted by Crippen LogP contribution is 2.30. The van der Waals surface area contributed by atoms with Gasteiger partial charge in [0.05, 0.1) is 6.61 Å². The minimum Gasteiger partial charge on any atom is -0.491 e. The zero-order valence-electron chi connectivity index (χ0n) is 14.8. The van der Waals surface area contributed by atoms with Crippen molar-refractivity contribution < 1.29 is 14.6 Å². The van der Waals surface area contributed by atoms with Gasteiger partial charge in [0.25, 0.3) is 0 Å². The summed E-state index contributed by atoms with van der Waals surface area (Å²) in [6, 6.07) is 7.91. The Morgan fingerprint density at radius 1 is 1.33 bits per heavy atom. The van der Waals surface area contributed by atoms with E-state index in [9.17, 15) is 4.79 Å². The van der Waals surface area contributed by atoms with E-state index in [1.807, 2.05) is 36.2 Å². The van der Waals surface area contributed by atoms with Gasteiger partial charge in [-0.25, -0.2) is 4.79 Å². The average molecular weight is 334 g/mol. The molecule has 2 N–H and O–H groups in total. The maximum Gasteiger partial charge on any atom is 0.317 e. The van der Waals surface area contributed by atoms with Gasteiger partial charge in [-0.05, 0) is 24.8 Å². The summed E-state index contributed by atoms with van der Waals surface area (Å²) in [5, 5.41) is 11.9. The largest absolute Gasteiger partial charge is 0.491 e. The van der Waals surface area contributed by atoms with Gasteiger partial charge in [0.2, 0.25) is 0 Å². The quantitative estimate of drug-likeness (QED) is 0.805. The molecule has 2 atom stereocenters. The molecular formula is C19H30N2O3. The molecule has 0 aromatic heterocycles. The SMILES string of the molecule is CCC1CCCCC1N(C)C(=O)NCc1ccccc1OCCO. The lowest BCUT2D eigenvalue weighted by molar-refractivity contribution is 0.135. The van der Waals surface area contributed by atoms with Crippen LogP contribution in [0.5, 0.6) is 5.75 Å². The summed E-state index contributed by atoms with van der Waals surface area (Å²) in [5.41, 5.74) is 0.920. The number of hydrogen-bond acceptors (Lipinski definition) is 3. The molecule has 1 fully saturated rings. The minimum absolute atomic E-state index is 0.0243. The highest BCUT2D eigenvalue weighted by molar-refractivity contribution is 5.74. The number of aliphatic hydroxyl groups is 1. The molecule has 2 rings (SSSR count). The van der Waals surface area contributed by atoms with Gasteiger partial charge < -0.3 is 20.1 Å². The van der Waals surface area contributed by atoms with Crippen molar-refractivity contribution in [2.75, 3.05) is 20.3 Å². The third-order valence-corrected chi connectivity index (χ3v) is 4.96. The predicted octanol–water partition coefficient (Wildman–Crippen LogP) is 3.17. The number of urea groups is 1. The average Bonchev–Trinajstić information content (AvgIpc) is 2.64. The van der Waals surface area contributed by atoms with Crippen LogP contribution in [0.3, 0.4) is 0 Å². The van der Waals surface area contributed by atoms with E-state index in [-0.39, 0.29) is 19.2 Å². The highest BCUT2D eigenvalue weighted by Gasteiger charge is 2.29. The fourth-order valence-corrected chi connectivity index (χ4v) is 3.57. The van der Waals surface area contributed by atoms with Gasteiger partial charge in [0.1, 0.15) is 12.4 Å². The molecule has 1 saturated carbocycles. The number of ether oxygens (including phenoxy) is 1. The molecule has 0 aliphatic heterocycles. The zero-order valence-corrected chi connectivity index (χ0v) is 14.8. The monoisotopic (exact) mass is 334 g/mol. The second-order valence-electron chi connectivity index (χ2n) is 6.47. The van der Waals surface area contributed by atoms with Crippen molar-refractivity contribution in [1.82, 2.24) is 10.2 Å². The Labute approximate surface area is 145 Å². The summed E-state index contributed by atoms with van der Waals surface area (Å²) in [5.74, 6) is 1.31. The number of carbonyl (C=O) groups excluding carboxylic acids is 1. The molecule has 5 heteroatoms. The molecule has 0 bridgehead atoms. The van der Waals surface area contributed by atoms with E-state index in [2.05, 4.69) is 12.2 Å². The van der Waals surface area contributed by atoms with Crippen molar-refractivity contribution in [2.24, 2.45) is 5.92 Å². The van der Waals surface area contributed by atoms with Crippen LogP contribution in [0.15, 0.2) is 24.3 Å². The van der Waals surface area contributed by atoms with Gasteiger partial charge >= 0.3 is 6.03 Å². The van der Waals surface area contributed by atoms with E-state index < -0.39 is 0 Å². The van der Waals surface area contributed by atoms with E-state index in [1.54, 1.807) is 0 Å². The zero-order chi connectivity index (χ0) is 17.4. The molecule has 0 radical (unpaired) electrons. The van der Waals surface area contributed by atoms with Crippen molar-refractivity contribution >= 4 is 6.03 Å². The standard InChI is InChI=1S/C19H30N2O3/c1-3-15-8-4-6-10-17(15)21(2)19(23)20-14-16-9-5-7-11-18(16)24-13-12-22/h5,7,9,11,15,17,22H,3-4,6,8,10,12-14H2,1-2H3,(H,20,23). The molecule has 1 aromatic rings. The molecule has 0 heterocycles. The summed E-state index contributed by atoms with van der Waals surface area (Å²) in [6.07, 6.45) is 5.92. The molecule has 1 aliphatic rings. The minimum atomic E-state index is -0.0303. The number of rotatable bonds is 7. The van der Waals surface area contributed by atoms with Gasteiger partial charge in [-0.2, -0.15) is 0 Å². The summed E-state index contributed by atoms with van der Waals surface area (Å²) >= 11 is 0. The smallest absolute Gasteiger partial charge is 0.317 e.